The van der Waals surface area contributed by atoms with Gasteiger partial charge in [-0.25, -0.2) is 0 Å². The molecule has 0 bridgehead atoms. The molecule has 4 nitrogen and oxygen atoms in total. The van der Waals surface area contributed by atoms with Crippen LogP contribution < -0.4 is 5.32 Å². The lowest BCUT2D eigenvalue weighted by atomic mass is 10.1. The fourth-order valence-corrected chi connectivity index (χ4v) is 3.09. The lowest BCUT2D eigenvalue weighted by molar-refractivity contribution is -0.127. The summed E-state index contributed by atoms with van der Waals surface area (Å²) in [7, 11) is 0. The van der Waals surface area contributed by atoms with Crippen LogP contribution in [0, 0.1) is 0 Å². The molecule has 0 aliphatic carbocycles. The van der Waals surface area contributed by atoms with E-state index in [-0.39, 0.29) is 11.9 Å². The zero-order chi connectivity index (χ0) is 15.9. The van der Waals surface area contributed by atoms with Gasteiger partial charge in [0.15, 0.2) is 5.11 Å². The van der Waals surface area contributed by atoms with Crippen LogP contribution in [0.3, 0.4) is 0 Å². The number of nitrogens with zero attached hydrogens (tertiary/aromatic N) is 2. The number of nitrogens with one attached hydrogen (secondary N) is 1. The van der Waals surface area contributed by atoms with Crippen molar-refractivity contribution in [1.82, 2.24) is 15.1 Å². The largest absolute Gasteiger partial charge is 0.350 e. The third-order valence-electron chi connectivity index (χ3n) is 4.14. The topological polar surface area (TPSA) is 35.6 Å². The summed E-state index contributed by atoms with van der Waals surface area (Å²) in [4.78, 5) is 16.6. The average molecular weight is 319 g/mol. The van der Waals surface area contributed by atoms with Gasteiger partial charge in [-0.15, -0.1) is 0 Å². The maximum absolute atomic E-state index is 12.5. The maximum Gasteiger partial charge on any atom is 0.251 e. The van der Waals surface area contributed by atoms with Crippen LogP contribution in [0.2, 0.25) is 0 Å². The second-order valence-corrected chi connectivity index (χ2v) is 5.95. The molecule has 0 spiro atoms. The number of rotatable bonds is 8. The number of amides is 1. The summed E-state index contributed by atoms with van der Waals surface area (Å²) in [5.74, 6) is 0.105. The molecular formula is C17H25N3OS. The zero-order valence-electron chi connectivity index (χ0n) is 13.4. The highest BCUT2D eigenvalue weighted by atomic mass is 32.1. The first kappa shape index (κ1) is 16.9. The second kappa shape index (κ2) is 8.25. The summed E-state index contributed by atoms with van der Waals surface area (Å²) < 4.78 is 0. The normalized spacial score (nSPS) is 18.1. The van der Waals surface area contributed by atoms with Crippen LogP contribution in [0.4, 0.5) is 0 Å². The van der Waals surface area contributed by atoms with E-state index in [1.165, 1.54) is 0 Å². The Balaban J connectivity index is 1.86. The van der Waals surface area contributed by atoms with E-state index in [1.54, 1.807) is 4.90 Å². The average Bonchev–Trinajstić information content (AvgIpc) is 2.79. The molecular weight excluding hydrogens is 294 g/mol. The Hall–Kier alpha value is -1.46. The SMILES string of the molecule is CCN(CC)CCCN1C(=O)C(Cc2ccccc2)NC1=S. The Labute approximate surface area is 138 Å². The third kappa shape index (κ3) is 4.27. The van der Waals surface area contributed by atoms with Crippen molar-refractivity contribution in [2.24, 2.45) is 0 Å². The maximum atomic E-state index is 12.5. The van der Waals surface area contributed by atoms with Gasteiger partial charge in [-0.2, -0.15) is 0 Å². The van der Waals surface area contributed by atoms with Crippen molar-refractivity contribution in [2.45, 2.75) is 32.7 Å². The molecule has 5 heteroatoms. The summed E-state index contributed by atoms with van der Waals surface area (Å²) in [6, 6.07) is 9.84. The first-order valence-electron chi connectivity index (χ1n) is 8.03. The van der Waals surface area contributed by atoms with Crippen LogP contribution in [0.25, 0.3) is 0 Å². The summed E-state index contributed by atoms with van der Waals surface area (Å²) in [6.45, 7) is 8.11. The molecule has 1 N–H and O–H groups in total. The van der Waals surface area contributed by atoms with E-state index in [9.17, 15) is 4.79 Å². The molecule has 120 valence electrons. The number of hydrogen-bond acceptors (Lipinski definition) is 3. The minimum atomic E-state index is -0.219. The molecule has 0 aromatic heterocycles. The van der Waals surface area contributed by atoms with E-state index in [0.717, 1.165) is 31.6 Å². The first-order valence-corrected chi connectivity index (χ1v) is 8.44. The van der Waals surface area contributed by atoms with Crippen molar-refractivity contribution in [3.63, 3.8) is 0 Å². The Morgan fingerprint density at radius 1 is 1.23 bits per heavy atom. The summed E-state index contributed by atoms with van der Waals surface area (Å²) in [5.41, 5.74) is 1.15. The molecule has 0 radical (unpaired) electrons. The van der Waals surface area contributed by atoms with Crippen LogP contribution in [0.15, 0.2) is 30.3 Å². The van der Waals surface area contributed by atoms with E-state index in [1.807, 2.05) is 30.3 Å². The highest BCUT2D eigenvalue weighted by Crippen LogP contribution is 2.13. The molecule has 1 heterocycles. The molecule has 1 atom stereocenters. The van der Waals surface area contributed by atoms with Crippen LogP contribution in [-0.4, -0.2) is 53.0 Å². The second-order valence-electron chi connectivity index (χ2n) is 5.56. The lowest BCUT2D eigenvalue weighted by Crippen LogP contribution is -2.35. The van der Waals surface area contributed by atoms with Gasteiger partial charge in [0.2, 0.25) is 0 Å². The molecule has 1 unspecified atom stereocenters. The van der Waals surface area contributed by atoms with Crippen molar-refractivity contribution in [3.8, 4) is 0 Å². The Morgan fingerprint density at radius 3 is 2.55 bits per heavy atom. The number of hydrogen-bond donors (Lipinski definition) is 1. The standard InChI is InChI=1S/C17H25N3OS/c1-3-19(4-2)11-8-12-20-16(21)15(18-17(20)22)13-14-9-6-5-7-10-14/h5-7,9-10,15H,3-4,8,11-13H2,1-2H3,(H,18,22). The monoisotopic (exact) mass is 319 g/mol. The van der Waals surface area contributed by atoms with Crippen molar-refractivity contribution in [1.29, 1.82) is 0 Å². The van der Waals surface area contributed by atoms with Gasteiger partial charge in [-0.3, -0.25) is 9.69 Å². The van der Waals surface area contributed by atoms with Crippen LogP contribution in [0.5, 0.6) is 0 Å². The number of benzene rings is 1. The van der Waals surface area contributed by atoms with E-state index >= 15 is 0 Å². The van der Waals surface area contributed by atoms with Gasteiger partial charge in [-0.1, -0.05) is 44.2 Å². The van der Waals surface area contributed by atoms with Crippen molar-refractivity contribution < 1.29 is 4.79 Å². The predicted molar refractivity (Wildman–Crippen MR) is 93.8 cm³/mol. The van der Waals surface area contributed by atoms with Crippen molar-refractivity contribution >= 4 is 23.2 Å². The highest BCUT2D eigenvalue weighted by Gasteiger charge is 2.34. The number of carbonyl (C=O) groups is 1. The van der Waals surface area contributed by atoms with E-state index < -0.39 is 0 Å². The predicted octanol–water partition coefficient (Wildman–Crippen LogP) is 2.05. The number of carbonyl (C=O) groups excluding carboxylic acids is 1. The molecule has 1 aliphatic rings. The van der Waals surface area contributed by atoms with E-state index in [4.69, 9.17) is 12.2 Å². The van der Waals surface area contributed by atoms with Gasteiger partial charge in [0.1, 0.15) is 6.04 Å². The van der Waals surface area contributed by atoms with Gasteiger partial charge in [0, 0.05) is 13.0 Å². The van der Waals surface area contributed by atoms with Gasteiger partial charge < -0.3 is 10.2 Å². The first-order chi connectivity index (χ1) is 10.7. The van der Waals surface area contributed by atoms with Crippen LogP contribution >= 0.6 is 12.2 Å². The quantitative estimate of drug-likeness (QED) is 0.744. The number of thiocarbonyl (C=S) groups is 1. The summed E-state index contributed by atoms with van der Waals surface area (Å²) >= 11 is 5.33. The molecule has 1 aliphatic heterocycles. The van der Waals surface area contributed by atoms with Gasteiger partial charge >= 0.3 is 0 Å². The third-order valence-corrected chi connectivity index (χ3v) is 4.48. The summed E-state index contributed by atoms with van der Waals surface area (Å²) in [6.07, 6.45) is 1.64. The molecule has 1 aromatic rings. The van der Waals surface area contributed by atoms with E-state index in [0.29, 0.717) is 18.1 Å². The Kier molecular flexibility index (Phi) is 6.34. The molecule has 1 saturated heterocycles. The summed E-state index contributed by atoms with van der Waals surface area (Å²) in [5, 5.41) is 3.74. The smallest absolute Gasteiger partial charge is 0.251 e. The molecule has 22 heavy (non-hydrogen) atoms. The highest BCUT2D eigenvalue weighted by molar-refractivity contribution is 7.80. The molecule has 1 fully saturated rings. The van der Waals surface area contributed by atoms with Gasteiger partial charge in [0.25, 0.3) is 5.91 Å². The lowest BCUT2D eigenvalue weighted by Gasteiger charge is -2.20. The minimum Gasteiger partial charge on any atom is -0.350 e. The van der Waals surface area contributed by atoms with Crippen LogP contribution in [-0.2, 0) is 11.2 Å². The molecule has 2 rings (SSSR count). The fourth-order valence-electron chi connectivity index (χ4n) is 2.77. The van der Waals surface area contributed by atoms with Gasteiger partial charge in [0.05, 0.1) is 0 Å². The fraction of sp³-hybridized carbons (Fsp3) is 0.529. The van der Waals surface area contributed by atoms with Crippen molar-refractivity contribution in [2.75, 3.05) is 26.2 Å². The zero-order valence-corrected chi connectivity index (χ0v) is 14.2. The molecule has 1 aromatic carbocycles. The Bertz CT molecular complexity index is 502. The molecule has 0 saturated carbocycles. The van der Waals surface area contributed by atoms with Crippen LogP contribution in [0.1, 0.15) is 25.8 Å². The van der Waals surface area contributed by atoms with Crippen molar-refractivity contribution in [3.05, 3.63) is 35.9 Å². The van der Waals surface area contributed by atoms with E-state index in [2.05, 4.69) is 24.1 Å². The molecule has 1 amide bonds. The minimum absolute atomic E-state index is 0.105. The Morgan fingerprint density at radius 2 is 1.91 bits per heavy atom. The van der Waals surface area contributed by atoms with Gasteiger partial charge in [-0.05, 0) is 43.8 Å².